The van der Waals surface area contributed by atoms with E-state index in [1.807, 2.05) is 19.9 Å². The van der Waals surface area contributed by atoms with Crippen molar-refractivity contribution in [2.75, 3.05) is 20.2 Å². The number of hydrogen-bond acceptors (Lipinski definition) is 7. The van der Waals surface area contributed by atoms with E-state index < -0.39 is 39.6 Å². The first-order chi connectivity index (χ1) is 18.0. The Hall–Kier alpha value is -2.82. The lowest BCUT2D eigenvalue weighted by Crippen LogP contribution is -2.52. The maximum atomic E-state index is 13.8. The molecular weight excluding hydrogens is 520 g/mol. The van der Waals surface area contributed by atoms with Gasteiger partial charge >= 0.3 is 6.09 Å². The number of phenolic OH excluding ortho intramolecular Hbond substituents is 1. The van der Waals surface area contributed by atoms with E-state index in [9.17, 15) is 18.3 Å². The molecule has 1 aliphatic rings. The van der Waals surface area contributed by atoms with Crippen LogP contribution >= 0.6 is 0 Å². The van der Waals surface area contributed by atoms with E-state index in [0.717, 1.165) is 5.56 Å². The van der Waals surface area contributed by atoms with E-state index in [1.165, 1.54) is 23.5 Å². The molecule has 0 aromatic heterocycles. The SMILES string of the molecule is COc1ccc(S(=O)(=O)N(CC(C)C)C[C@@H]2OC(C)(C)N(C(=O)OC(C)(C)C)[C@H]2Cc2cccc(O)c2)cc1. The van der Waals surface area contributed by atoms with Gasteiger partial charge in [-0.05, 0) is 88.9 Å². The van der Waals surface area contributed by atoms with Crippen LogP contribution in [-0.4, -0.2) is 72.5 Å². The van der Waals surface area contributed by atoms with Gasteiger partial charge in [0.05, 0.1) is 24.2 Å². The number of rotatable bonds is 9. The molecule has 0 bridgehead atoms. The molecule has 0 aliphatic carbocycles. The largest absolute Gasteiger partial charge is 0.508 e. The summed E-state index contributed by atoms with van der Waals surface area (Å²) in [4.78, 5) is 15.2. The molecule has 1 amide bonds. The predicted molar refractivity (Wildman–Crippen MR) is 149 cm³/mol. The van der Waals surface area contributed by atoms with Gasteiger partial charge in [0.2, 0.25) is 10.0 Å². The van der Waals surface area contributed by atoms with Crippen molar-refractivity contribution in [3.05, 3.63) is 54.1 Å². The zero-order valence-corrected chi connectivity index (χ0v) is 25.0. The first kappa shape index (κ1) is 30.7. The molecule has 0 unspecified atom stereocenters. The molecule has 0 radical (unpaired) electrons. The summed E-state index contributed by atoms with van der Waals surface area (Å²) < 4.78 is 46.4. The molecule has 10 heteroatoms. The van der Waals surface area contributed by atoms with Gasteiger partial charge in [0.25, 0.3) is 0 Å². The van der Waals surface area contributed by atoms with E-state index in [4.69, 9.17) is 14.2 Å². The molecule has 2 atom stereocenters. The maximum absolute atomic E-state index is 13.8. The Kier molecular flexibility index (Phi) is 9.24. The molecule has 1 saturated heterocycles. The molecule has 2 aromatic rings. The predicted octanol–water partition coefficient (Wildman–Crippen LogP) is 5.03. The van der Waals surface area contributed by atoms with Crippen molar-refractivity contribution in [3.63, 3.8) is 0 Å². The molecule has 9 nitrogen and oxygen atoms in total. The molecule has 216 valence electrons. The van der Waals surface area contributed by atoms with Crippen LogP contribution < -0.4 is 4.74 Å². The van der Waals surface area contributed by atoms with E-state index in [1.54, 1.807) is 69.9 Å². The zero-order chi connectivity index (χ0) is 29.2. The summed E-state index contributed by atoms with van der Waals surface area (Å²) in [6, 6.07) is 12.5. The minimum Gasteiger partial charge on any atom is -0.508 e. The third kappa shape index (κ3) is 7.64. The number of nitrogens with zero attached hydrogens (tertiary/aromatic N) is 2. The highest BCUT2D eigenvalue weighted by atomic mass is 32.2. The Morgan fingerprint density at radius 1 is 1.15 bits per heavy atom. The quantitative estimate of drug-likeness (QED) is 0.457. The second-order valence-corrected chi connectivity index (χ2v) is 13.7. The van der Waals surface area contributed by atoms with Crippen LogP contribution in [0, 0.1) is 5.92 Å². The van der Waals surface area contributed by atoms with Crippen molar-refractivity contribution >= 4 is 16.1 Å². The number of benzene rings is 2. The Bertz CT molecular complexity index is 1240. The number of methoxy groups -OCH3 is 1. The van der Waals surface area contributed by atoms with Gasteiger partial charge in [-0.1, -0.05) is 26.0 Å². The Morgan fingerprint density at radius 3 is 2.33 bits per heavy atom. The van der Waals surface area contributed by atoms with E-state index in [-0.39, 0.29) is 29.7 Å². The van der Waals surface area contributed by atoms with Crippen molar-refractivity contribution < 1.29 is 32.5 Å². The highest BCUT2D eigenvalue weighted by Gasteiger charge is 2.52. The first-order valence-corrected chi connectivity index (χ1v) is 14.6. The summed E-state index contributed by atoms with van der Waals surface area (Å²) in [5.41, 5.74) is -1.02. The molecule has 0 spiro atoms. The number of carbonyl (C=O) groups excluding carboxylic acids is 1. The molecule has 3 rings (SSSR count). The van der Waals surface area contributed by atoms with Crippen LogP contribution in [0.3, 0.4) is 0 Å². The van der Waals surface area contributed by atoms with Gasteiger partial charge in [0.15, 0.2) is 0 Å². The molecule has 1 N–H and O–H groups in total. The summed E-state index contributed by atoms with van der Waals surface area (Å²) in [7, 11) is -2.37. The fraction of sp³-hybridized carbons (Fsp3) is 0.552. The van der Waals surface area contributed by atoms with Crippen LogP contribution in [0.1, 0.15) is 54.0 Å². The van der Waals surface area contributed by atoms with Crippen molar-refractivity contribution in [1.29, 1.82) is 0 Å². The Morgan fingerprint density at radius 2 is 1.79 bits per heavy atom. The number of hydrogen-bond donors (Lipinski definition) is 1. The second kappa shape index (κ2) is 11.7. The second-order valence-electron chi connectivity index (χ2n) is 11.8. The maximum Gasteiger partial charge on any atom is 0.412 e. The van der Waals surface area contributed by atoms with E-state index in [2.05, 4.69) is 0 Å². The van der Waals surface area contributed by atoms with Gasteiger partial charge in [0, 0.05) is 13.1 Å². The smallest absolute Gasteiger partial charge is 0.412 e. The van der Waals surface area contributed by atoms with Gasteiger partial charge in [0.1, 0.15) is 22.8 Å². The topological polar surface area (TPSA) is 106 Å². The molecular formula is C29H42N2O7S. The average molecular weight is 563 g/mol. The van der Waals surface area contributed by atoms with Gasteiger partial charge < -0.3 is 19.3 Å². The zero-order valence-electron chi connectivity index (χ0n) is 24.2. The number of amides is 1. The van der Waals surface area contributed by atoms with Crippen molar-refractivity contribution in [2.45, 2.75) is 83.3 Å². The number of phenols is 1. The van der Waals surface area contributed by atoms with Crippen molar-refractivity contribution in [1.82, 2.24) is 9.21 Å². The highest BCUT2D eigenvalue weighted by molar-refractivity contribution is 7.89. The Balaban J connectivity index is 2.02. The Labute approximate surface area is 232 Å². The molecule has 1 heterocycles. The van der Waals surface area contributed by atoms with Crippen molar-refractivity contribution in [2.24, 2.45) is 5.92 Å². The molecule has 39 heavy (non-hydrogen) atoms. The fourth-order valence-electron chi connectivity index (χ4n) is 4.82. The summed E-state index contributed by atoms with van der Waals surface area (Å²) in [5.74, 6) is 0.706. The molecule has 0 saturated carbocycles. The molecule has 2 aromatic carbocycles. The van der Waals surface area contributed by atoms with Crippen LogP contribution in [0.15, 0.2) is 53.4 Å². The molecule has 1 fully saturated rings. The van der Waals surface area contributed by atoms with Crippen LogP contribution in [0.25, 0.3) is 0 Å². The monoisotopic (exact) mass is 562 g/mol. The van der Waals surface area contributed by atoms with Gasteiger partial charge in [-0.15, -0.1) is 0 Å². The summed E-state index contributed by atoms with van der Waals surface area (Å²) in [6.07, 6.45) is -0.880. The third-order valence-electron chi connectivity index (χ3n) is 6.38. The lowest BCUT2D eigenvalue weighted by atomic mass is 9.99. The average Bonchev–Trinajstić information content (AvgIpc) is 3.06. The van der Waals surface area contributed by atoms with Gasteiger partial charge in [-0.25, -0.2) is 13.2 Å². The third-order valence-corrected chi connectivity index (χ3v) is 8.22. The van der Waals surface area contributed by atoms with E-state index >= 15 is 0 Å². The van der Waals surface area contributed by atoms with Crippen LogP contribution in [0.2, 0.25) is 0 Å². The van der Waals surface area contributed by atoms with Crippen LogP contribution in [-0.2, 0) is 25.9 Å². The fourth-order valence-corrected chi connectivity index (χ4v) is 6.44. The highest BCUT2D eigenvalue weighted by Crippen LogP contribution is 2.37. The standard InChI is InChI=1S/C29H42N2O7S/c1-20(2)18-30(39(34,35)24-14-12-23(36-8)13-15-24)19-26-25(17-21-10-9-11-22(32)16-21)31(29(6,7)37-26)27(33)38-28(3,4)5/h9-16,20,25-26,32H,17-19H2,1-8H3/t25-,26-/m0/s1. The van der Waals surface area contributed by atoms with Crippen molar-refractivity contribution in [3.8, 4) is 11.5 Å². The summed E-state index contributed by atoms with van der Waals surface area (Å²) in [6.45, 7) is 13.1. The molecule has 1 aliphatic heterocycles. The summed E-state index contributed by atoms with van der Waals surface area (Å²) >= 11 is 0. The van der Waals surface area contributed by atoms with Crippen LogP contribution in [0.5, 0.6) is 11.5 Å². The van der Waals surface area contributed by atoms with Gasteiger partial charge in [-0.2, -0.15) is 4.31 Å². The van der Waals surface area contributed by atoms with Crippen LogP contribution in [0.4, 0.5) is 4.79 Å². The lowest BCUT2D eigenvalue weighted by molar-refractivity contribution is -0.0806. The summed E-state index contributed by atoms with van der Waals surface area (Å²) in [5, 5.41) is 10.1. The number of sulfonamides is 1. The normalized spacial score (nSPS) is 19.5. The minimum absolute atomic E-state index is 0.0265. The number of aromatic hydroxyl groups is 1. The number of ether oxygens (including phenoxy) is 3. The first-order valence-electron chi connectivity index (χ1n) is 13.2. The lowest BCUT2D eigenvalue weighted by Gasteiger charge is -2.35. The van der Waals surface area contributed by atoms with Gasteiger partial charge in [-0.3, -0.25) is 4.90 Å². The van der Waals surface area contributed by atoms with E-state index in [0.29, 0.717) is 12.2 Å². The minimum atomic E-state index is -3.89. The number of carbonyl (C=O) groups is 1.